The Balaban J connectivity index is 1.77. The molecule has 8 nitrogen and oxygen atoms in total. The van der Waals surface area contributed by atoms with E-state index >= 15 is 0 Å². The molecule has 2 heterocycles. The van der Waals surface area contributed by atoms with Gasteiger partial charge < -0.3 is 11.1 Å². The SMILES string of the molecule is Cc1cc(C(=O)NCc2cc(Cl)ccc2CN)nc(C2=NNNN2CC(C)C)c1. The smallest absolute Gasteiger partial charge is 0.270 e. The number of nitrogens with zero attached hydrogens (tertiary/aromatic N) is 3. The molecular weight excluding hydrogens is 390 g/mol. The summed E-state index contributed by atoms with van der Waals surface area (Å²) in [6.07, 6.45) is 0. The molecule has 0 radical (unpaired) electrons. The monoisotopic (exact) mass is 415 g/mol. The van der Waals surface area contributed by atoms with E-state index in [9.17, 15) is 4.79 Å². The van der Waals surface area contributed by atoms with Crippen LogP contribution >= 0.6 is 11.6 Å². The van der Waals surface area contributed by atoms with Gasteiger partial charge in [0, 0.05) is 24.7 Å². The van der Waals surface area contributed by atoms with Crippen molar-refractivity contribution >= 4 is 23.3 Å². The third-order valence-corrected chi connectivity index (χ3v) is 4.64. The average molecular weight is 416 g/mol. The molecule has 0 bridgehead atoms. The minimum absolute atomic E-state index is 0.271. The quantitative estimate of drug-likeness (QED) is 0.551. The van der Waals surface area contributed by atoms with Crippen molar-refractivity contribution in [1.29, 1.82) is 0 Å². The van der Waals surface area contributed by atoms with Gasteiger partial charge in [-0.1, -0.05) is 31.5 Å². The fourth-order valence-corrected chi connectivity index (χ4v) is 3.26. The van der Waals surface area contributed by atoms with Gasteiger partial charge in [0.05, 0.1) is 0 Å². The lowest BCUT2D eigenvalue weighted by Gasteiger charge is -2.21. The van der Waals surface area contributed by atoms with Crippen molar-refractivity contribution in [1.82, 2.24) is 26.4 Å². The normalized spacial score (nSPS) is 13.4. The summed E-state index contributed by atoms with van der Waals surface area (Å²) in [7, 11) is 0. The maximum Gasteiger partial charge on any atom is 0.270 e. The number of halogens is 1. The van der Waals surface area contributed by atoms with Crippen LogP contribution < -0.4 is 22.1 Å². The number of hydrazine groups is 2. The zero-order valence-electron chi connectivity index (χ0n) is 16.8. The number of nitrogens with one attached hydrogen (secondary N) is 3. The highest BCUT2D eigenvalue weighted by Crippen LogP contribution is 2.16. The fraction of sp³-hybridized carbons (Fsp3) is 0.350. The number of rotatable bonds is 7. The molecule has 9 heteroatoms. The van der Waals surface area contributed by atoms with Crippen molar-refractivity contribution in [2.24, 2.45) is 16.8 Å². The number of hydrogen-bond donors (Lipinski definition) is 4. The van der Waals surface area contributed by atoms with Gasteiger partial charge in [-0.15, -0.1) is 10.6 Å². The first-order valence-corrected chi connectivity index (χ1v) is 9.85. The Labute approximate surface area is 175 Å². The van der Waals surface area contributed by atoms with Crippen LogP contribution in [-0.2, 0) is 13.1 Å². The number of carbonyl (C=O) groups excluding carboxylic acids is 1. The van der Waals surface area contributed by atoms with E-state index in [1.807, 2.05) is 30.1 Å². The number of aryl methyl sites for hydroxylation is 1. The lowest BCUT2D eigenvalue weighted by molar-refractivity contribution is 0.0945. The highest BCUT2D eigenvalue weighted by molar-refractivity contribution is 6.30. The Bertz CT molecular complexity index is 929. The molecule has 0 unspecified atom stereocenters. The van der Waals surface area contributed by atoms with Gasteiger partial charge in [-0.3, -0.25) is 9.80 Å². The Morgan fingerprint density at radius 3 is 2.79 bits per heavy atom. The van der Waals surface area contributed by atoms with Gasteiger partial charge in [-0.05, 0) is 53.8 Å². The highest BCUT2D eigenvalue weighted by atomic mass is 35.5. The van der Waals surface area contributed by atoms with Crippen molar-refractivity contribution in [3.8, 4) is 0 Å². The fourth-order valence-electron chi connectivity index (χ4n) is 3.07. The topological polar surface area (TPSA) is 108 Å². The maximum absolute atomic E-state index is 12.8. The third-order valence-electron chi connectivity index (χ3n) is 4.41. The number of hydrazone groups is 1. The Morgan fingerprint density at radius 1 is 1.28 bits per heavy atom. The molecule has 1 amide bonds. The number of aromatic nitrogens is 1. The number of hydrogen-bond acceptors (Lipinski definition) is 7. The van der Waals surface area contributed by atoms with E-state index in [2.05, 4.69) is 40.3 Å². The standard InChI is InChI=1S/C20H26ClN7O/c1-12(2)11-28-19(25-26-27-28)17-6-13(3)7-18(24-17)20(29)23-10-15-8-16(21)5-4-14(15)9-22/h4-8,12,26-27H,9-11,22H2,1-3H3,(H,23,29). The molecule has 1 aliphatic rings. The van der Waals surface area contributed by atoms with Gasteiger partial charge in [-0.25, -0.2) is 10.5 Å². The zero-order chi connectivity index (χ0) is 21.0. The molecule has 1 aromatic carbocycles. The van der Waals surface area contributed by atoms with Crippen LogP contribution in [-0.4, -0.2) is 28.3 Å². The van der Waals surface area contributed by atoms with E-state index in [4.69, 9.17) is 17.3 Å². The molecule has 2 aromatic rings. The van der Waals surface area contributed by atoms with Gasteiger partial charge in [0.15, 0.2) is 5.84 Å². The summed E-state index contributed by atoms with van der Waals surface area (Å²) in [5, 5.41) is 9.66. The second-order valence-corrected chi connectivity index (χ2v) is 7.81. The van der Waals surface area contributed by atoms with E-state index in [-0.39, 0.29) is 5.91 Å². The molecule has 29 heavy (non-hydrogen) atoms. The van der Waals surface area contributed by atoms with E-state index in [1.54, 1.807) is 12.1 Å². The minimum atomic E-state index is -0.271. The first kappa shape index (κ1) is 21.0. The van der Waals surface area contributed by atoms with Crippen molar-refractivity contribution in [2.45, 2.75) is 33.9 Å². The van der Waals surface area contributed by atoms with E-state index in [0.717, 1.165) is 23.2 Å². The second-order valence-electron chi connectivity index (χ2n) is 7.38. The third kappa shape index (κ3) is 5.23. The Hall–Kier alpha value is -2.68. The van der Waals surface area contributed by atoms with E-state index in [0.29, 0.717) is 41.3 Å². The first-order valence-electron chi connectivity index (χ1n) is 9.48. The molecule has 0 aliphatic carbocycles. The number of amidine groups is 1. The molecule has 0 saturated heterocycles. The van der Waals surface area contributed by atoms with Gasteiger partial charge in [0.1, 0.15) is 11.4 Å². The summed E-state index contributed by atoms with van der Waals surface area (Å²) in [5.41, 5.74) is 15.2. The van der Waals surface area contributed by atoms with Crippen molar-refractivity contribution < 1.29 is 4.79 Å². The molecule has 5 N–H and O–H groups in total. The van der Waals surface area contributed by atoms with Crippen LogP contribution in [0.15, 0.2) is 35.4 Å². The second kappa shape index (κ2) is 9.21. The number of benzene rings is 1. The van der Waals surface area contributed by atoms with Crippen molar-refractivity contribution in [3.05, 3.63) is 63.4 Å². The van der Waals surface area contributed by atoms with Gasteiger partial charge in [0.25, 0.3) is 5.91 Å². The molecule has 0 atom stereocenters. The van der Waals surface area contributed by atoms with Crippen molar-refractivity contribution in [3.63, 3.8) is 0 Å². The summed E-state index contributed by atoms with van der Waals surface area (Å²) in [4.78, 5) is 17.3. The van der Waals surface area contributed by atoms with E-state index in [1.165, 1.54) is 0 Å². The predicted octanol–water partition coefficient (Wildman–Crippen LogP) is 2.07. The van der Waals surface area contributed by atoms with Crippen molar-refractivity contribution in [2.75, 3.05) is 6.54 Å². The van der Waals surface area contributed by atoms with Crippen LogP contribution in [0.2, 0.25) is 5.02 Å². The number of amides is 1. The van der Waals surface area contributed by atoms with Crippen LogP contribution in [0.1, 0.15) is 46.7 Å². The van der Waals surface area contributed by atoms with Crippen LogP contribution in [0.4, 0.5) is 0 Å². The molecule has 3 rings (SSSR count). The van der Waals surface area contributed by atoms with Gasteiger partial charge >= 0.3 is 0 Å². The predicted molar refractivity (Wildman–Crippen MR) is 114 cm³/mol. The molecule has 154 valence electrons. The molecule has 0 saturated carbocycles. The summed E-state index contributed by atoms with van der Waals surface area (Å²) >= 11 is 6.07. The lowest BCUT2D eigenvalue weighted by atomic mass is 10.1. The van der Waals surface area contributed by atoms with Gasteiger partial charge in [0.2, 0.25) is 0 Å². The maximum atomic E-state index is 12.8. The van der Waals surface area contributed by atoms with E-state index < -0.39 is 0 Å². The number of pyridine rings is 1. The number of nitrogens with two attached hydrogens (primary N) is 1. The summed E-state index contributed by atoms with van der Waals surface area (Å²) in [6, 6.07) is 9.13. The summed E-state index contributed by atoms with van der Waals surface area (Å²) in [6.45, 7) is 7.60. The number of carbonyl (C=O) groups is 1. The highest BCUT2D eigenvalue weighted by Gasteiger charge is 2.22. The van der Waals surface area contributed by atoms with Gasteiger partial charge in [-0.2, -0.15) is 0 Å². The summed E-state index contributed by atoms with van der Waals surface area (Å²) in [5.74, 6) is 0.805. The molecule has 1 aromatic heterocycles. The Kier molecular flexibility index (Phi) is 6.68. The zero-order valence-corrected chi connectivity index (χ0v) is 17.5. The minimum Gasteiger partial charge on any atom is -0.347 e. The molecule has 0 fully saturated rings. The largest absolute Gasteiger partial charge is 0.347 e. The van der Waals surface area contributed by atoms with Crippen LogP contribution in [0.3, 0.4) is 0 Å². The molecular formula is C20H26ClN7O. The van der Waals surface area contributed by atoms with Crippen LogP contribution in [0.25, 0.3) is 0 Å². The first-order chi connectivity index (χ1) is 13.9. The molecule has 0 spiro atoms. The Morgan fingerprint density at radius 2 is 2.07 bits per heavy atom. The lowest BCUT2D eigenvalue weighted by Crippen LogP contribution is -2.43. The average Bonchev–Trinajstić information content (AvgIpc) is 3.13. The van der Waals surface area contributed by atoms with Crippen LogP contribution in [0, 0.1) is 12.8 Å². The summed E-state index contributed by atoms with van der Waals surface area (Å²) < 4.78 is 0. The van der Waals surface area contributed by atoms with Crippen LogP contribution in [0.5, 0.6) is 0 Å². The molecule has 1 aliphatic heterocycles.